The van der Waals surface area contributed by atoms with Gasteiger partial charge in [-0.15, -0.1) is 0 Å². The Morgan fingerprint density at radius 1 is 1.16 bits per heavy atom. The van der Waals surface area contributed by atoms with Crippen LogP contribution in [0.1, 0.15) is 23.2 Å². The molecule has 2 unspecified atom stereocenters. The van der Waals surface area contributed by atoms with Gasteiger partial charge in [0.1, 0.15) is 23.3 Å². The van der Waals surface area contributed by atoms with E-state index < -0.39 is 0 Å². The first-order valence-corrected chi connectivity index (χ1v) is 6.21. The fraction of sp³-hybridized carbons (Fsp3) is 0.231. The third-order valence-corrected chi connectivity index (χ3v) is 3.32. The zero-order chi connectivity index (χ0) is 13.2. The summed E-state index contributed by atoms with van der Waals surface area (Å²) in [6.07, 6.45) is 1.43. The second kappa shape index (κ2) is 5.01. The molecule has 0 aliphatic carbocycles. The third kappa shape index (κ3) is 2.46. The van der Waals surface area contributed by atoms with Gasteiger partial charge in [0.05, 0.1) is 18.2 Å². The maximum Gasteiger partial charge on any atom is 0.132 e. The van der Waals surface area contributed by atoms with Gasteiger partial charge in [-0.3, -0.25) is 0 Å². The Hall–Kier alpha value is -1.88. The maximum absolute atomic E-state index is 13.0. The lowest BCUT2D eigenvalue weighted by atomic mass is 9.92. The molecule has 0 N–H and O–H groups in total. The van der Waals surface area contributed by atoms with E-state index in [-0.39, 0.29) is 17.8 Å². The van der Waals surface area contributed by atoms with Crippen molar-refractivity contribution < 1.29 is 4.39 Å². The molecular formula is C13H10ClFN4. The summed E-state index contributed by atoms with van der Waals surface area (Å²) >= 11 is 5.88. The van der Waals surface area contributed by atoms with Crippen LogP contribution in [-0.2, 0) is 0 Å². The molecule has 4 nitrogen and oxygen atoms in total. The van der Waals surface area contributed by atoms with Gasteiger partial charge in [-0.25, -0.2) is 14.4 Å². The number of hydrogen-bond acceptors (Lipinski definition) is 4. The van der Waals surface area contributed by atoms with E-state index in [1.165, 1.54) is 18.5 Å². The van der Waals surface area contributed by atoms with Gasteiger partial charge in [0, 0.05) is 0 Å². The van der Waals surface area contributed by atoms with Crippen molar-refractivity contribution in [2.24, 2.45) is 10.2 Å². The van der Waals surface area contributed by atoms with Crippen LogP contribution in [0.25, 0.3) is 0 Å². The van der Waals surface area contributed by atoms with Gasteiger partial charge < -0.3 is 0 Å². The van der Waals surface area contributed by atoms with Gasteiger partial charge in [-0.1, -0.05) is 23.7 Å². The molecule has 0 saturated heterocycles. The second-order valence-electron chi connectivity index (χ2n) is 4.31. The first kappa shape index (κ1) is 12.2. The molecule has 2 heterocycles. The highest BCUT2D eigenvalue weighted by molar-refractivity contribution is 6.29. The van der Waals surface area contributed by atoms with Gasteiger partial charge in [0.25, 0.3) is 0 Å². The topological polar surface area (TPSA) is 50.5 Å². The molecule has 0 radical (unpaired) electrons. The highest BCUT2D eigenvalue weighted by atomic mass is 35.5. The number of azo groups is 1. The zero-order valence-corrected chi connectivity index (χ0v) is 10.6. The summed E-state index contributed by atoms with van der Waals surface area (Å²) in [7, 11) is 0. The Labute approximate surface area is 114 Å². The minimum Gasteiger partial charge on any atom is -0.241 e. The van der Waals surface area contributed by atoms with E-state index in [0.29, 0.717) is 11.7 Å². The van der Waals surface area contributed by atoms with E-state index in [4.69, 9.17) is 11.6 Å². The Morgan fingerprint density at radius 2 is 1.95 bits per heavy atom. The van der Waals surface area contributed by atoms with Crippen LogP contribution in [0.2, 0.25) is 5.15 Å². The molecule has 19 heavy (non-hydrogen) atoms. The number of halogens is 2. The quantitative estimate of drug-likeness (QED) is 0.788. The van der Waals surface area contributed by atoms with E-state index in [0.717, 1.165) is 11.3 Å². The Morgan fingerprint density at radius 3 is 2.68 bits per heavy atom. The predicted molar refractivity (Wildman–Crippen MR) is 68.6 cm³/mol. The van der Waals surface area contributed by atoms with Crippen molar-refractivity contribution in [3.63, 3.8) is 0 Å². The van der Waals surface area contributed by atoms with Crippen LogP contribution in [0.5, 0.6) is 0 Å². The minimum atomic E-state index is -0.264. The van der Waals surface area contributed by atoms with E-state index >= 15 is 0 Å². The summed E-state index contributed by atoms with van der Waals surface area (Å²) in [5, 5.41) is 8.70. The molecule has 0 fully saturated rings. The van der Waals surface area contributed by atoms with Crippen molar-refractivity contribution in [3.05, 3.63) is 58.9 Å². The van der Waals surface area contributed by atoms with Gasteiger partial charge in [0.15, 0.2) is 0 Å². The number of rotatable bonds is 2. The fourth-order valence-corrected chi connectivity index (χ4v) is 2.32. The van der Waals surface area contributed by atoms with Crippen LogP contribution in [0.4, 0.5) is 4.39 Å². The van der Waals surface area contributed by atoms with Crippen molar-refractivity contribution in [2.75, 3.05) is 6.54 Å². The normalized spacial score (nSPS) is 21.8. The first-order valence-electron chi connectivity index (χ1n) is 5.83. The van der Waals surface area contributed by atoms with E-state index in [1.54, 1.807) is 18.2 Å². The van der Waals surface area contributed by atoms with Crippen LogP contribution in [-0.4, -0.2) is 16.5 Å². The highest BCUT2D eigenvalue weighted by Gasteiger charge is 2.30. The second-order valence-corrected chi connectivity index (χ2v) is 4.70. The third-order valence-electron chi connectivity index (χ3n) is 3.11. The van der Waals surface area contributed by atoms with E-state index in [2.05, 4.69) is 20.2 Å². The monoisotopic (exact) mass is 276 g/mol. The number of aromatic nitrogens is 2. The molecule has 1 aromatic heterocycles. The minimum absolute atomic E-state index is 0.0194. The fourth-order valence-electron chi connectivity index (χ4n) is 2.17. The Balaban J connectivity index is 1.93. The Bertz CT molecular complexity index is 614. The zero-order valence-electron chi connectivity index (χ0n) is 9.87. The molecule has 0 amide bonds. The van der Waals surface area contributed by atoms with Crippen molar-refractivity contribution in [1.29, 1.82) is 0 Å². The van der Waals surface area contributed by atoms with Crippen LogP contribution in [0.3, 0.4) is 0 Å². The lowest BCUT2D eigenvalue weighted by Crippen LogP contribution is -2.10. The summed E-state index contributed by atoms with van der Waals surface area (Å²) in [6.45, 7) is 0.551. The number of nitrogens with zero attached hydrogens (tertiary/aromatic N) is 4. The predicted octanol–water partition coefficient (Wildman–Crippen LogP) is 3.56. The summed E-state index contributed by atoms with van der Waals surface area (Å²) in [5.41, 5.74) is 1.72. The smallest absolute Gasteiger partial charge is 0.132 e. The molecule has 0 bridgehead atoms. The summed E-state index contributed by atoms with van der Waals surface area (Å²) in [4.78, 5) is 8.09. The molecule has 1 aromatic carbocycles. The molecule has 0 spiro atoms. The average Bonchev–Trinajstić information content (AvgIpc) is 2.89. The molecule has 6 heteroatoms. The summed E-state index contributed by atoms with van der Waals surface area (Å²) in [6, 6.07) is 7.87. The highest BCUT2D eigenvalue weighted by Crippen LogP contribution is 2.38. The van der Waals surface area contributed by atoms with Crippen LogP contribution < -0.4 is 0 Å². The molecule has 1 aliphatic heterocycles. The van der Waals surface area contributed by atoms with Gasteiger partial charge in [0.2, 0.25) is 0 Å². The van der Waals surface area contributed by atoms with E-state index in [1.807, 2.05) is 0 Å². The SMILES string of the molecule is Fc1ccc(C2N=NCC2c2cc(Cl)ncn2)cc1. The first-order chi connectivity index (χ1) is 9.24. The van der Waals surface area contributed by atoms with Crippen molar-refractivity contribution in [3.8, 4) is 0 Å². The van der Waals surface area contributed by atoms with Gasteiger partial charge in [-0.2, -0.15) is 10.2 Å². The molecule has 1 aliphatic rings. The van der Waals surface area contributed by atoms with Crippen LogP contribution >= 0.6 is 11.6 Å². The molecular weight excluding hydrogens is 267 g/mol. The summed E-state index contributed by atoms with van der Waals surface area (Å²) in [5.74, 6) is -0.244. The molecule has 96 valence electrons. The lowest BCUT2D eigenvalue weighted by Gasteiger charge is -2.16. The van der Waals surface area contributed by atoms with Crippen molar-refractivity contribution in [2.45, 2.75) is 12.0 Å². The molecule has 2 aromatic rings. The molecule has 0 saturated carbocycles. The van der Waals surface area contributed by atoms with Gasteiger partial charge in [-0.05, 0) is 23.8 Å². The molecule has 3 rings (SSSR count). The summed E-state index contributed by atoms with van der Waals surface area (Å²) < 4.78 is 13.0. The van der Waals surface area contributed by atoms with Gasteiger partial charge >= 0.3 is 0 Å². The standard InChI is InChI=1S/C13H10ClFN4/c14-12-5-11(16-7-17-12)10-6-18-19-13(10)8-1-3-9(15)4-2-8/h1-5,7,10,13H,6H2. The van der Waals surface area contributed by atoms with Crippen molar-refractivity contribution >= 4 is 11.6 Å². The number of benzene rings is 1. The lowest BCUT2D eigenvalue weighted by molar-refractivity contribution is 0.606. The van der Waals surface area contributed by atoms with Crippen molar-refractivity contribution in [1.82, 2.24) is 9.97 Å². The molecule has 2 atom stereocenters. The maximum atomic E-state index is 13.0. The van der Waals surface area contributed by atoms with Crippen LogP contribution in [0.15, 0.2) is 46.9 Å². The van der Waals surface area contributed by atoms with Crippen LogP contribution in [0, 0.1) is 5.82 Å². The largest absolute Gasteiger partial charge is 0.241 e. The van der Waals surface area contributed by atoms with E-state index in [9.17, 15) is 4.39 Å². The average molecular weight is 277 g/mol. The Kier molecular flexibility index (Phi) is 3.21. The number of hydrogen-bond donors (Lipinski definition) is 0.